The monoisotopic (exact) mass is 350 g/mol. The lowest BCUT2D eigenvalue weighted by atomic mass is 10.1. The molecule has 26 heavy (non-hydrogen) atoms. The molecule has 0 fully saturated rings. The third-order valence-electron chi connectivity index (χ3n) is 3.91. The van der Waals surface area contributed by atoms with Crippen LogP contribution in [0.1, 0.15) is 30.9 Å². The Morgan fingerprint density at radius 2 is 2.00 bits per heavy atom. The molecule has 0 radical (unpaired) electrons. The first-order valence-electron chi connectivity index (χ1n) is 8.46. The first-order valence-corrected chi connectivity index (χ1v) is 8.46. The Balaban J connectivity index is 2.11. The molecule has 134 valence electrons. The summed E-state index contributed by atoms with van der Waals surface area (Å²) < 4.78 is 4.98. The zero-order valence-electron chi connectivity index (χ0n) is 15.0. The molecule has 2 aromatic rings. The van der Waals surface area contributed by atoms with Crippen molar-refractivity contribution >= 4 is 17.7 Å². The highest BCUT2D eigenvalue weighted by Gasteiger charge is 2.10. The van der Waals surface area contributed by atoms with Crippen LogP contribution in [0.3, 0.4) is 0 Å². The second-order valence-electron chi connectivity index (χ2n) is 5.86. The summed E-state index contributed by atoms with van der Waals surface area (Å²) in [5, 5.41) is 21.8. The Kier molecular flexibility index (Phi) is 6.81. The van der Waals surface area contributed by atoms with Crippen LogP contribution in [-0.2, 0) is 11.2 Å². The number of nitriles is 1. The molecule has 1 amide bonds. The number of nitrogens with one attached hydrogen (secondary N) is 1. The van der Waals surface area contributed by atoms with E-state index in [-0.39, 0.29) is 11.3 Å². The fourth-order valence-electron chi connectivity index (χ4n) is 2.45. The zero-order chi connectivity index (χ0) is 18.9. The molecule has 0 aliphatic carbocycles. The average molecular weight is 350 g/mol. The number of benzene rings is 2. The van der Waals surface area contributed by atoms with E-state index in [1.165, 1.54) is 24.8 Å². The van der Waals surface area contributed by atoms with Crippen molar-refractivity contribution in [3.05, 3.63) is 59.2 Å². The van der Waals surface area contributed by atoms with E-state index in [4.69, 9.17) is 4.74 Å². The van der Waals surface area contributed by atoms with Crippen molar-refractivity contribution in [1.29, 1.82) is 5.26 Å². The number of methoxy groups -OCH3 is 1. The van der Waals surface area contributed by atoms with Crippen LogP contribution < -0.4 is 10.1 Å². The Morgan fingerprint density at radius 3 is 2.58 bits per heavy atom. The average Bonchev–Trinajstić information content (AvgIpc) is 2.65. The van der Waals surface area contributed by atoms with Crippen molar-refractivity contribution in [3.63, 3.8) is 0 Å². The lowest BCUT2D eigenvalue weighted by Gasteiger charge is -2.07. The fraction of sp³-hybridized carbons (Fsp3) is 0.238. The summed E-state index contributed by atoms with van der Waals surface area (Å²) in [5.41, 5.74) is 2.33. The number of aromatic hydroxyl groups is 1. The van der Waals surface area contributed by atoms with Crippen molar-refractivity contribution in [3.8, 4) is 17.6 Å². The normalized spacial score (nSPS) is 10.9. The van der Waals surface area contributed by atoms with Gasteiger partial charge in [-0.1, -0.05) is 31.5 Å². The quantitative estimate of drug-likeness (QED) is 0.576. The van der Waals surface area contributed by atoms with Gasteiger partial charge in [0, 0.05) is 5.69 Å². The summed E-state index contributed by atoms with van der Waals surface area (Å²) in [6.07, 6.45) is 4.69. The zero-order valence-corrected chi connectivity index (χ0v) is 15.0. The molecule has 0 aliphatic rings. The molecule has 0 atom stereocenters. The summed E-state index contributed by atoms with van der Waals surface area (Å²) in [5.74, 6) is -0.223. The lowest BCUT2D eigenvalue weighted by molar-refractivity contribution is -0.112. The lowest BCUT2D eigenvalue weighted by Crippen LogP contribution is -2.13. The molecular formula is C21H22N2O3. The Bertz CT molecular complexity index is 833. The molecule has 0 aromatic heterocycles. The van der Waals surface area contributed by atoms with Crippen molar-refractivity contribution in [2.75, 3.05) is 12.4 Å². The van der Waals surface area contributed by atoms with E-state index < -0.39 is 5.91 Å². The topological polar surface area (TPSA) is 82.4 Å². The van der Waals surface area contributed by atoms with Crippen molar-refractivity contribution < 1.29 is 14.6 Å². The molecule has 2 N–H and O–H groups in total. The smallest absolute Gasteiger partial charge is 0.266 e. The Morgan fingerprint density at radius 1 is 1.27 bits per heavy atom. The van der Waals surface area contributed by atoms with E-state index in [0.29, 0.717) is 17.0 Å². The van der Waals surface area contributed by atoms with Crippen molar-refractivity contribution in [1.82, 2.24) is 0 Å². The summed E-state index contributed by atoms with van der Waals surface area (Å²) in [7, 11) is 1.45. The predicted octanol–water partition coefficient (Wildman–Crippen LogP) is 4.29. The van der Waals surface area contributed by atoms with Gasteiger partial charge in [0.05, 0.1) is 7.11 Å². The molecule has 0 heterocycles. The van der Waals surface area contributed by atoms with Gasteiger partial charge in [-0.25, -0.2) is 0 Å². The summed E-state index contributed by atoms with van der Waals surface area (Å²) in [6, 6.07) is 14.2. The van der Waals surface area contributed by atoms with Gasteiger partial charge in [0.25, 0.3) is 5.91 Å². The van der Waals surface area contributed by atoms with Gasteiger partial charge >= 0.3 is 0 Å². The molecule has 0 aliphatic heterocycles. The summed E-state index contributed by atoms with van der Waals surface area (Å²) >= 11 is 0. The highest BCUT2D eigenvalue weighted by molar-refractivity contribution is 6.09. The van der Waals surface area contributed by atoms with E-state index in [1.54, 1.807) is 12.1 Å². The fourth-order valence-corrected chi connectivity index (χ4v) is 2.45. The maximum Gasteiger partial charge on any atom is 0.266 e. The highest BCUT2D eigenvalue weighted by Crippen LogP contribution is 2.27. The van der Waals surface area contributed by atoms with E-state index in [1.807, 2.05) is 30.3 Å². The Hall–Kier alpha value is -3.26. The summed E-state index contributed by atoms with van der Waals surface area (Å²) in [6.45, 7) is 2.15. The molecule has 0 saturated carbocycles. The number of carbonyl (C=O) groups excluding carboxylic acids is 1. The molecule has 2 aromatic carbocycles. The number of phenols is 1. The maximum atomic E-state index is 12.3. The molecule has 0 bridgehead atoms. The Labute approximate surface area is 153 Å². The number of nitrogens with zero attached hydrogens (tertiary/aromatic N) is 1. The van der Waals surface area contributed by atoms with Gasteiger partial charge in [0.1, 0.15) is 11.6 Å². The number of carbonyl (C=O) groups is 1. The first-order chi connectivity index (χ1) is 12.6. The number of amides is 1. The van der Waals surface area contributed by atoms with Crippen molar-refractivity contribution in [2.24, 2.45) is 0 Å². The number of hydrogen-bond acceptors (Lipinski definition) is 4. The molecule has 0 unspecified atom stereocenters. The standard InChI is InChI=1S/C21H22N2O3/c1-3-4-5-15-6-9-18(10-7-15)23-21(25)17(14-22)12-16-8-11-20(26-2)19(24)13-16/h6-13,24H,3-5H2,1-2H3,(H,23,25)/b17-12-. The highest BCUT2D eigenvalue weighted by atomic mass is 16.5. The minimum absolute atomic E-state index is 0.0513. The SMILES string of the molecule is CCCCc1ccc(NC(=O)/C(C#N)=C\c2ccc(OC)c(O)c2)cc1. The first kappa shape index (κ1) is 19.1. The summed E-state index contributed by atoms with van der Waals surface area (Å²) in [4.78, 5) is 12.3. The number of hydrogen-bond donors (Lipinski definition) is 2. The van der Waals surface area contributed by atoms with Gasteiger partial charge in [-0.2, -0.15) is 5.26 Å². The number of rotatable bonds is 7. The number of phenolic OH excluding ortho intramolecular Hbond substituents is 1. The van der Waals surface area contributed by atoms with Crippen LogP contribution >= 0.6 is 0 Å². The predicted molar refractivity (Wildman–Crippen MR) is 102 cm³/mol. The van der Waals surface area contributed by atoms with E-state index in [0.717, 1.165) is 19.3 Å². The third kappa shape index (κ3) is 5.12. The number of anilines is 1. The van der Waals surface area contributed by atoms with Gasteiger partial charge in [-0.05, 0) is 54.3 Å². The minimum Gasteiger partial charge on any atom is -0.504 e. The van der Waals surface area contributed by atoms with Gasteiger partial charge in [-0.3, -0.25) is 4.79 Å². The number of ether oxygens (including phenoxy) is 1. The van der Waals surface area contributed by atoms with Crippen LogP contribution in [0.5, 0.6) is 11.5 Å². The van der Waals surface area contributed by atoms with Crippen molar-refractivity contribution in [2.45, 2.75) is 26.2 Å². The van der Waals surface area contributed by atoms with Crippen LogP contribution in [0.15, 0.2) is 48.0 Å². The van der Waals surface area contributed by atoms with Crippen LogP contribution in [0.2, 0.25) is 0 Å². The van der Waals surface area contributed by atoms with Crippen LogP contribution in [0.25, 0.3) is 6.08 Å². The molecule has 0 saturated heterocycles. The van der Waals surface area contributed by atoms with Gasteiger partial charge in [-0.15, -0.1) is 0 Å². The molecule has 5 nitrogen and oxygen atoms in total. The number of aryl methyl sites for hydroxylation is 1. The number of unbranched alkanes of at least 4 members (excludes halogenated alkanes) is 1. The van der Waals surface area contributed by atoms with Gasteiger partial charge in [0.15, 0.2) is 11.5 Å². The molecular weight excluding hydrogens is 328 g/mol. The van der Waals surface area contributed by atoms with Crippen LogP contribution in [-0.4, -0.2) is 18.1 Å². The molecule has 0 spiro atoms. The minimum atomic E-state index is -0.496. The van der Waals surface area contributed by atoms with E-state index in [9.17, 15) is 15.2 Å². The van der Waals surface area contributed by atoms with E-state index in [2.05, 4.69) is 12.2 Å². The second kappa shape index (κ2) is 9.28. The van der Waals surface area contributed by atoms with Crippen LogP contribution in [0.4, 0.5) is 5.69 Å². The largest absolute Gasteiger partial charge is 0.504 e. The van der Waals surface area contributed by atoms with Gasteiger partial charge < -0.3 is 15.2 Å². The molecule has 2 rings (SSSR count). The molecule has 5 heteroatoms. The van der Waals surface area contributed by atoms with E-state index >= 15 is 0 Å². The second-order valence-corrected chi connectivity index (χ2v) is 5.86. The maximum absolute atomic E-state index is 12.3. The van der Waals surface area contributed by atoms with Gasteiger partial charge in [0.2, 0.25) is 0 Å². The third-order valence-corrected chi connectivity index (χ3v) is 3.91. The van der Waals surface area contributed by atoms with Crippen LogP contribution in [0, 0.1) is 11.3 Å².